The first-order valence-electron chi connectivity index (χ1n) is 12.6. The fourth-order valence-electron chi connectivity index (χ4n) is 4.70. The van der Waals surface area contributed by atoms with Crippen LogP contribution in [-0.4, -0.2) is 57.5 Å². The number of amides is 1. The van der Waals surface area contributed by atoms with Crippen LogP contribution in [0.5, 0.6) is 0 Å². The van der Waals surface area contributed by atoms with Gasteiger partial charge >= 0.3 is 0 Å². The van der Waals surface area contributed by atoms with Crippen LogP contribution >= 0.6 is 0 Å². The van der Waals surface area contributed by atoms with Crippen molar-refractivity contribution in [2.45, 2.75) is 64.5 Å². The van der Waals surface area contributed by atoms with Gasteiger partial charge in [0, 0.05) is 43.0 Å². The number of aryl methyl sites for hydroxylation is 1. The predicted molar refractivity (Wildman–Crippen MR) is 136 cm³/mol. The molecule has 2 fully saturated rings. The van der Waals surface area contributed by atoms with Gasteiger partial charge in [-0.25, -0.2) is 9.97 Å². The average molecular weight is 459 g/mol. The Labute approximate surface area is 201 Å². The first kappa shape index (κ1) is 22.7. The van der Waals surface area contributed by atoms with Gasteiger partial charge in [-0.1, -0.05) is 12.5 Å². The molecule has 0 radical (unpaired) electrons. The van der Waals surface area contributed by atoms with E-state index in [0.717, 1.165) is 59.9 Å². The van der Waals surface area contributed by atoms with Crippen LogP contribution in [0.2, 0.25) is 0 Å². The summed E-state index contributed by atoms with van der Waals surface area (Å²) in [5, 5.41) is 7.38. The van der Waals surface area contributed by atoms with E-state index in [2.05, 4.69) is 44.6 Å². The summed E-state index contributed by atoms with van der Waals surface area (Å²) in [7, 11) is 0. The molecule has 1 atom stereocenters. The summed E-state index contributed by atoms with van der Waals surface area (Å²) in [6.45, 7) is 7.57. The third-order valence-corrected chi connectivity index (χ3v) is 6.98. The lowest BCUT2D eigenvalue weighted by molar-refractivity contribution is 0.0946. The molecule has 178 valence electrons. The molecule has 1 aromatic carbocycles. The van der Waals surface area contributed by atoms with E-state index in [1.165, 1.54) is 25.8 Å². The van der Waals surface area contributed by atoms with Gasteiger partial charge in [0.25, 0.3) is 5.91 Å². The number of piperidine rings is 1. The Hall–Kier alpha value is -3.06. The number of benzene rings is 1. The van der Waals surface area contributed by atoms with E-state index < -0.39 is 0 Å². The monoisotopic (exact) mass is 458 g/mol. The van der Waals surface area contributed by atoms with Gasteiger partial charge in [-0.2, -0.15) is 0 Å². The Morgan fingerprint density at radius 3 is 2.82 bits per heavy atom. The zero-order valence-corrected chi connectivity index (χ0v) is 20.2. The van der Waals surface area contributed by atoms with Crippen LogP contribution in [0.25, 0.3) is 22.0 Å². The van der Waals surface area contributed by atoms with Crippen LogP contribution in [-0.2, 0) is 0 Å². The SMILES string of the molecule is Cc1cnc(C(=O)NC2CC2)cc1-c1ccc2nc(NCCCN3CCCC[C@H]3C)ncc2c1. The van der Waals surface area contributed by atoms with Crippen LogP contribution in [0.3, 0.4) is 0 Å². The first-order valence-corrected chi connectivity index (χ1v) is 12.6. The van der Waals surface area contributed by atoms with Crippen molar-refractivity contribution in [1.29, 1.82) is 0 Å². The summed E-state index contributed by atoms with van der Waals surface area (Å²) >= 11 is 0. The number of aromatic nitrogens is 3. The van der Waals surface area contributed by atoms with E-state index >= 15 is 0 Å². The molecule has 1 aliphatic carbocycles. The van der Waals surface area contributed by atoms with E-state index in [9.17, 15) is 4.79 Å². The number of likely N-dealkylation sites (tertiary alicyclic amines) is 1. The highest BCUT2D eigenvalue weighted by Crippen LogP contribution is 2.27. The van der Waals surface area contributed by atoms with Gasteiger partial charge in [0.1, 0.15) is 5.69 Å². The summed E-state index contributed by atoms with van der Waals surface area (Å²) in [6, 6.07) is 9.06. The van der Waals surface area contributed by atoms with E-state index in [-0.39, 0.29) is 5.91 Å². The Morgan fingerprint density at radius 2 is 2.00 bits per heavy atom. The fourth-order valence-corrected chi connectivity index (χ4v) is 4.70. The standard InChI is InChI=1S/C27H34N6O/c1-18-16-29-25(26(34)31-22-8-9-22)15-23(18)20-7-10-24-21(14-20)17-30-27(32-24)28-11-5-13-33-12-4-3-6-19(33)2/h7,10,14-17,19,22H,3-6,8-9,11-13H2,1-2H3,(H,31,34)(H,28,30,32)/t19-/m1/s1. The third-order valence-electron chi connectivity index (χ3n) is 6.98. The Morgan fingerprint density at radius 1 is 1.12 bits per heavy atom. The number of hydrogen-bond donors (Lipinski definition) is 2. The number of fused-ring (bicyclic) bond motifs is 1. The van der Waals surface area contributed by atoms with E-state index in [1.54, 1.807) is 6.20 Å². The van der Waals surface area contributed by atoms with Crippen molar-refractivity contribution >= 4 is 22.8 Å². The fraction of sp³-hybridized carbons (Fsp3) is 0.481. The molecule has 0 unspecified atom stereocenters. The molecule has 3 heterocycles. The molecule has 0 spiro atoms. The quantitative estimate of drug-likeness (QED) is 0.481. The van der Waals surface area contributed by atoms with Gasteiger partial charge < -0.3 is 15.5 Å². The second kappa shape index (κ2) is 10.1. The molecule has 7 heteroatoms. The van der Waals surface area contributed by atoms with Crippen LogP contribution < -0.4 is 10.6 Å². The van der Waals surface area contributed by atoms with Gasteiger partial charge in [0.15, 0.2) is 0 Å². The van der Waals surface area contributed by atoms with E-state index in [0.29, 0.717) is 23.7 Å². The van der Waals surface area contributed by atoms with Crippen LogP contribution in [0.1, 0.15) is 61.5 Å². The molecule has 34 heavy (non-hydrogen) atoms. The average Bonchev–Trinajstić information content (AvgIpc) is 3.67. The van der Waals surface area contributed by atoms with Crippen LogP contribution in [0, 0.1) is 6.92 Å². The molecule has 1 saturated heterocycles. The second-order valence-electron chi connectivity index (χ2n) is 9.76. The van der Waals surface area contributed by atoms with Crippen molar-refractivity contribution in [3.8, 4) is 11.1 Å². The lowest BCUT2D eigenvalue weighted by Gasteiger charge is -2.33. The topological polar surface area (TPSA) is 83.0 Å². The van der Waals surface area contributed by atoms with Crippen molar-refractivity contribution < 1.29 is 4.79 Å². The summed E-state index contributed by atoms with van der Waals surface area (Å²) in [4.78, 5) is 28.6. The van der Waals surface area contributed by atoms with Gasteiger partial charge in [0.2, 0.25) is 5.95 Å². The Balaban J connectivity index is 1.24. The van der Waals surface area contributed by atoms with Crippen molar-refractivity contribution in [3.05, 3.63) is 47.9 Å². The largest absolute Gasteiger partial charge is 0.354 e. The maximum Gasteiger partial charge on any atom is 0.270 e. The first-order chi connectivity index (χ1) is 16.6. The lowest BCUT2D eigenvalue weighted by Crippen LogP contribution is -2.38. The summed E-state index contributed by atoms with van der Waals surface area (Å²) in [5.74, 6) is 0.574. The smallest absolute Gasteiger partial charge is 0.270 e. The highest BCUT2D eigenvalue weighted by molar-refractivity contribution is 5.94. The number of nitrogens with zero attached hydrogens (tertiary/aromatic N) is 4. The molecule has 2 aliphatic rings. The molecule has 2 N–H and O–H groups in total. The molecule has 1 saturated carbocycles. The molecular formula is C27H34N6O. The van der Waals surface area contributed by atoms with Crippen molar-refractivity contribution in [1.82, 2.24) is 25.2 Å². The van der Waals surface area contributed by atoms with E-state index in [1.807, 2.05) is 25.3 Å². The van der Waals surface area contributed by atoms with Gasteiger partial charge in [0.05, 0.1) is 5.52 Å². The van der Waals surface area contributed by atoms with Crippen molar-refractivity contribution in [2.75, 3.05) is 25.0 Å². The second-order valence-corrected chi connectivity index (χ2v) is 9.76. The normalized spacial score (nSPS) is 18.7. The molecule has 1 aliphatic heterocycles. The highest BCUT2D eigenvalue weighted by Gasteiger charge is 2.24. The zero-order valence-electron chi connectivity index (χ0n) is 20.2. The number of hydrogen-bond acceptors (Lipinski definition) is 6. The van der Waals surface area contributed by atoms with Crippen LogP contribution in [0.4, 0.5) is 5.95 Å². The number of nitrogens with one attached hydrogen (secondary N) is 2. The maximum absolute atomic E-state index is 12.5. The zero-order chi connectivity index (χ0) is 23.5. The number of rotatable bonds is 8. The lowest BCUT2D eigenvalue weighted by atomic mass is 10.00. The maximum atomic E-state index is 12.5. The Bertz CT molecular complexity index is 1170. The minimum Gasteiger partial charge on any atom is -0.354 e. The van der Waals surface area contributed by atoms with E-state index in [4.69, 9.17) is 4.98 Å². The Kier molecular flexibility index (Phi) is 6.72. The molecule has 7 nitrogen and oxygen atoms in total. The highest BCUT2D eigenvalue weighted by atomic mass is 16.2. The molecule has 2 aromatic heterocycles. The molecule has 1 amide bonds. The minimum absolute atomic E-state index is 0.0988. The van der Waals surface area contributed by atoms with Gasteiger partial charge in [-0.3, -0.25) is 9.78 Å². The number of carbonyl (C=O) groups is 1. The number of carbonyl (C=O) groups excluding carboxylic acids is 1. The summed E-state index contributed by atoms with van der Waals surface area (Å²) in [6.07, 6.45) is 10.8. The minimum atomic E-state index is -0.0988. The van der Waals surface area contributed by atoms with Crippen molar-refractivity contribution in [3.63, 3.8) is 0 Å². The molecule has 5 rings (SSSR count). The number of pyridine rings is 1. The van der Waals surface area contributed by atoms with Crippen molar-refractivity contribution in [2.24, 2.45) is 0 Å². The predicted octanol–water partition coefficient (Wildman–Crippen LogP) is 4.57. The summed E-state index contributed by atoms with van der Waals surface area (Å²) in [5.41, 5.74) is 4.44. The molecule has 3 aromatic rings. The van der Waals surface area contributed by atoms with Crippen LogP contribution in [0.15, 0.2) is 36.7 Å². The van der Waals surface area contributed by atoms with Gasteiger partial charge in [-0.15, -0.1) is 0 Å². The van der Waals surface area contributed by atoms with Gasteiger partial charge in [-0.05, 0) is 87.4 Å². The number of anilines is 1. The third kappa shape index (κ3) is 5.36. The molecule has 0 bridgehead atoms. The molecular weight excluding hydrogens is 424 g/mol. The summed E-state index contributed by atoms with van der Waals surface area (Å²) < 4.78 is 0.